The molecule has 0 aliphatic heterocycles. The summed E-state index contributed by atoms with van der Waals surface area (Å²) in [6.07, 6.45) is -1.15. The number of hydrogen-bond donors (Lipinski definition) is 1. The van der Waals surface area contributed by atoms with E-state index in [0.29, 0.717) is 11.3 Å². The first-order valence-electron chi connectivity index (χ1n) is 4.46. The van der Waals surface area contributed by atoms with Gasteiger partial charge in [-0.3, -0.25) is 0 Å². The predicted octanol–water partition coefficient (Wildman–Crippen LogP) is 2.74. The van der Waals surface area contributed by atoms with E-state index >= 15 is 0 Å². The van der Waals surface area contributed by atoms with Crippen molar-refractivity contribution in [3.8, 4) is 0 Å². The zero-order valence-corrected chi connectivity index (χ0v) is 7.83. The van der Waals surface area contributed by atoms with Gasteiger partial charge in [0.1, 0.15) is 24.1 Å². The van der Waals surface area contributed by atoms with Crippen LogP contribution in [0.4, 0.5) is 4.39 Å². The third kappa shape index (κ3) is 1.30. The van der Waals surface area contributed by atoms with E-state index in [1.807, 2.05) is 25.1 Å². The highest BCUT2D eigenvalue weighted by atomic mass is 19.1. The van der Waals surface area contributed by atoms with E-state index in [-0.39, 0.29) is 0 Å². The lowest BCUT2D eigenvalue weighted by Crippen LogP contribution is -1.98. The fourth-order valence-electron chi connectivity index (χ4n) is 1.58. The van der Waals surface area contributed by atoms with Gasteiger partial charge in [-0.1, -0.05) is 18.2 Å². The number of fused-ring (bicyclic) bond motifs is 1. The van der Waals surface area contributed by atoms with Crippen LogP contribution in [0.3, 0.4) is 0 Å². The zero-order chi connectivity index (χ0) is 10.1. The molecule has 14 heavy (non-hydrogen) atoms. The summed E-state index contributed by atoms with van der Waals surface area (Å²) in [6.45, 7) is 1.00. The van der Waals surface area contributed by atoms with Crippen molar-refractivity contribution in [2.24, 2.45) is 0 Å². The fourth-order valence-corrected chi connectivity index (χ4v) is 1.58. The van der Waals surface area contributed by atoms with Crippen LogP contribution in [0, 0.1) is 6.92 Å². The molecule has 3 heteroatoms. The van der Waals surface area contributed by atoms with Crippen molar-refractivity contribution in [2.45, 2.75) is 13.0 Å². The Kier molecular flexibility index (Phi) is 2.25. The van der Waals surface area contributed by atoms with Gasteiger partial charge in [0.05, 0.1) is 0 Å². The molecule has 0 saturated carbocycles. The number of furan rings is 1. The summed E-state index contributed by atoms with van der Waals surface area (Å²) < 4.78 is 17.6. The standard InChI is InChI=1S/C11H11FO2/c1-7-8-4-2-3-5-10(8)14-11(7)9(13)6-12/h2-5,9,13H,6H2,1H3. The largest absolute Gasteiger partial charge is 0.458 e. The number of hydrogen-bond acceptors (Lipinski definition) is 2. The summed E-state index contributed by atoms with van der Waals surface area (Å²) in [5.74, 6) is 0.328. The van der Waals surface area contributed by atoms with E-state index in [0.717, 1.165) is 10.9 Å². The van der Waals surface area contributed by atoms with Crippen LogP contribution in [-0.4, -0.2) is 11.8 Å². The minimum atomic E-state index is -1.15. The van der Waals surface area contributed by atoms with Crippen molar-refractivity contribution >= 4 is 11.0 Å². The minimum absolute atomic E-state index is 0.328. The number of para-hydroxylation sites is 1. The first-order valence-corrected chi connectivity index (χ1v) is 4.46. The van der Waals surface area contributed by atoms with Crippen molar-refractivity contribution < 1.29 is 13.9 Å². The van der Waals surface area contributed by atoms with Crippen LogP contribution in [0.15, 0.2) is 28.7 Å². The number of rotatable bonds is 2. The van der Waals surface area contributed by atoms with Crippen molar-refractivity contribution in [3.05, 3.63) is 35.6 Å². The summed E-state index contributed by atoms with van der Waals surface area (Å²) in [5.41, 5.74) is 1.50. The van der Waals surface area contributed by atoms with E-state index in [2.05, 4.69) is 0 Å². The van der Waals surface area contributed by atoms with Gasteiger partial charge in [-0.2, -0.15) is 0 Å². The van der Waals surface area contributed by atoms with E-state index in [1.165, 1.54) is 0 Å². The van der Waals surface area contributed by atoms with E-state index in [1.54, 1.807) is 6.07 Å². The van der Waals surface area contributed by atoms with E-state index in [4.69, 9.17) is 4.42 Å². The average molecular weight is 194 g/mol. The van der Waals surface area contributed by atoms with Crippen LogP contribution >= 0.6 is 0 Å². The summed E-state index contributed by atoms with van der Waals surface area (Å²) in [5, 5.41) is 10.3. The van der Waals surface area contributed by atoms with Crippen LogP contribution in [0.2, 0.25) is 0 Å². The number of aliphatic hydroxyl groups is 1. The number of aliphatic hydroxyl groups excluding tert-OH is 1. The smallest absolute Gasteiger partial charge is 0.140 e. The molecule has 74 valence electrons. The first-order chi connectivity index (χ1) is 6.74. The molecule has 0 fully saturated rings. The summed E-state index contributed by atoms with van der Waals surface area (Å²) >= 11 is 0. The van der Waals surface area contributed by atoms with Gasteiger partial charge in [0.15, 0.2) is 0 Å². The lowest BCUT2D eigenvalue weighted by molar-refractivity contribution is 0.119. The molecule has 0 amide bonds. The maximum atomic E-state index is 12.3. The van der Waals surface area contributed by atoms with Crippen molar-refractivity contribution in [2.75, 3.05) is 6.67 Å². The lowest BCUT2D eigenvalue weighted by atomic mass is 10.1. The highest BCUT2D eigenvalue weighted by molar-refractivity contribution is 5.81. The van der Waals surface area contributed by atoms with Gasteiger partial charge in [0.25, 0.3) is 0 Å². The van der Waals surface area contributed by atoms with Crippen molar-refractivity contribution in [3.63, 3.8) is 0 Å². The second-order valence-electron chi connectivity index (χ2n) is 3.26. The number of alkyl halides is 1. The SMILES string of the molecule is Cc1c(C(O)CF)oc2ccccc12. The molecule has 0 aliphatic rings. The van der Waals surface area contributed by atoms with Gasteiger partial charge in [-0.05, 0) is 13.0 Å². The Morgan fingerprint density at radius 2 is 2.14 bits per heavy atom. The van der Waals surface area contributed by atoms with Crippen molar-refractivity contribution in [1.29, 1.82) is 0 Å². The van der Waals surface area contributed by atoms with Crippen LogP contribution in [-0.2, 0) is 0 Å². The number of benzene rings is 1. The molecule has 2 nitrogen and oxygen atoms in total. The summed E-state index contributed by atoms with van der Waals surface area (Å²) in [4.78, 5) is 0. The minimum Gasteiger partial charge on any atom is -0.458 e. The topological polar surface area (TPSA) is 33.4 Å². The van der Waals surface area contributed by atoms with Crippen LogP contribution in [0.25, 0.3) is 11.0 Å². The summed E-state index contributed by atoms with van der Waals surface area (Å²) in [6, 6.07) is 7.42. The second-order valence-corrected chi connectivity index (χ2v) is 3.26. The monoisotopic (exact) mass is 194 g/mol. The van der Waals surface area contributed by atoms with Gasteiger partial charge >= 0.3 is 0 Å². The molecule has 0 aliphatic carbocycles. The maximum absolute atomic E-state index is 12.3. The second kappa shape index (κ2) is 3.42. The van der Waals surface area contributed by atoms with E-state index in [9.17, 15) is 9.50 Å². The lowest BCUT2D eigenvalue weighted by Gasteiger charge is -2.01. The van der Waals surface area contributed by atoms with Crippen molar-refractivity contribution in [1.82, 2.24) is 0 Å². The molecule has 0 radical (unpaired) electrons. The molecule has 1 N–H and O–H groups in total. The van der Waals surface area contributed by atoms with Gasteiger partial charge in [0.2, 0.25) is 0 Å². The molecule has 1 heterocycles. The first kappa shape index (κ1) is 9.21. The Hall–Kier alpha value is -1.35. The Balaban J connectivity index is 2.62. The molecule has 1 aromatic heterocycles. The normalized spacial score (nSPS) is 13.4. The number of halogens is 1. The molecule has 1 aromatic carbocycles. The summed E-state index contributed by atoms with van der Waals surface area (Å²) in [7, 11) is 0. The van der Waals surface area contributed by atoms with Crippen LogP contribution in [0.1, 0.15) is 17.4 Å². The van der Waals surface area contributed by atoms with Crippen LogP contribution in [0.5, 0.6) is 0 Å². The number of aryl methyl sites for hydroxylation is 1. The molecule has 2 rings (SSSR count). The Morgan fingerprint density at radius 3 is 2.79 bits per heavy atom. The highest BCUT2D eigenvalue weighted by Gasteiger charge is 2.17. The molecular formula is C11H11FO2. The highest BCUT2D eigenvalue weighted by Crippen LogP contribution is 2.29. The van der Waals surface area contributed by atoms with E-state index < -0.39 is 12.8 Å². The maximum Gasteiger partial charge on any atom is 0.140 e. The third-order valence-electron chi connectivity index (χ3n) is 2.33. The predicted molar refractivity (Wildman–Crippen MR) is 51.9 cm³/mol. The van der Waals surface area contributed by atoms with Gasteiger partial charge < -0.3 is 9.52 Å². The zero-order valence-electron chi connectivity index (χ0n) is 7.83. The molecule has 0 saturated heterocycles. The average Bonchev–Trinajstić information content (AvgIpc) is 2.56. The van der Waals surface area contributed by atoms with Gasteiger partial charge in [-0.15, -0.1) is 0 Å². The molecule has 0 spiro atoms. The Labute approximate surface area is 81.0 Å². The molecule has 1 unspecified atom stereocenters. The van der Waals surface area contributed by atoms with Crippen LogP contribution < -0.4 is 0 Å². The Bertz CT molecular complexity index is 447. The Morgan fingerprint density at radius 1 is 1.43 bits per heavy atom. The third-order valence-corrected chi connectivity index (χ3v) is 2.33. The van der Waals surface area contributed by atoms with Gasteiger partial charge in [-0.25, -0.2) is 4.39 Å². The van der Waals surface area contributed by atoms with Gasteiger partial charge in [0, 0.05) is 10.9 Å². The molecular weight excluding hydrogens is 183 g/mol. The quantitative estimate of drug-likeness (QED) is 0.797. The molecule has 1 atom stereocenters. The fraction of sp³-hybridized carbons (Fsp3) is 0.273. The molecule has 0 bridgehead atoms. The molecule has 2 aromatic rings.